The normalized spacial score (nSPS) is 10.7. The lowest BCUT2D eigenvalue weighted by molar-refractivity contribution is 0.102. The molecule has 5 heteroatoms. The van der Waals surface area contributed by atoms with Crippen molar-refractivity contribution < 1.29 is 4.79 Å². The molecule has 2 N–H and O–H groups in total. The molecule has 1 aromatic heterocycles. The fraction of sp³-hybridized carbons (Fsp3) is 0.111. The Bertz CT molecular complexity index is 930. The van der Waals surface area contributed by atoms with Gasteiger partial charge >= 0.3 is 0 Å². The van der Waals surface area contributed by atoms with Crippen molar-refractivity contribution in [2.45, 2.75) is 13.3 Å². The number of carbonyl (C=O) groups excluding carboxylic acids is 1. The Balaban J connectivity index is 1.93. The second-order valence-electron chi connectivity index (χ2n) is 5.23. The molecule has 0 bridgehead atoms. The van der Waals surface area contributed by atoms with E-state index in [0.717, 1.165) is 17.4 Å². The molecule has 0 aliphatic rings. The number of aryl methyl sites for hydroxylation is 1. The number of carbonyl (C=O) groups is 1. The van der Waals surface area contributed by atoms with Crippen LogP contribution in [0.15, 0.2) is 53.3 Å². The molecule has 0 saturated heterocycles. The summed E-state index contributed by atoms with van der Waals surface area (Å²) in [6.45, 7) is 2.00. The summed E-state index contributed by atoms with van der Waals surface area (Å²) in [6, 6.07) is 13.8. The number of hydrogen-bond donors (Lipinski definition) is 2. The Kier molecular flexibility index (Phi) is 4.17. The first-order valence-corrected chi connectivity index (χ1v) is 7.67. The third-order valence-corrected chi connectivity index (χ3v) is 3.93. The van der Waals surface area contributed by atoms with Gasteiger partial charge in [-0.25, -0.2) is 0 Å². The van der Waals surface area contributed by atoms with Gasteiger partial charge in [0.1, 0.15) is 0 Å². The van der Waals surface area contributed by atoms with Crippen LogP contribution in [0.1, 0.15) is 22.8 Å². The average Bonchev–Trinajstić information content (AvgIpc) is 2.54. The zero-order chi connectivity index (χ0) is 16.4. The van der Waals surface area contributed by atoms with Crippen LogP contribution in [0.2, 0.25) is 5.02 Å². The molecule has 0 atom stereocenters. The highest BCUT2D eigenvalue weighted by Crippen LogP contribution is 2.21. The number of aromatic nitrogens is 1. The van der Waals surface area contributed by atoms with E-state index in [1.165, 1.54) is 0 Å². The molecule has 116 valence electrons. The standard InChI is InChI=1S/C18H15ClN2O2/c1-2-11-9-17(22)21-16-10-14(7-8-15(11)16)20-18(23)12-3-5-13(19)6-4-12/h3-10H,2H2,1H3,(H,20,23)(H,21,22). The van der Waals surface area contributed by atoms with E-state index in [9.17, 15) is 9.59 Å². The number of aromatic amines is 1. The second kappa shape index (κ2) is 6.26. The van der Waals surface area contributed by atoms with Crippen LogP contribution in [0.4, 0.5) is 5.69 Å². The van der Waals surface area contributed by atoms with Gasteiger partial charge in [0.05, 0.1) is 5.52 Å². The molecule has 3 rings (SSSR count). The maximum absolute atomic E-state index is 12.2. The highest BCUT2D eigenvalue weighted by molar-refractivity contribution is 6.30. The summed E-state index contributed by atoms with van der Waals surface area (Å²) in [5.74, 6) is -0.227. The lowest BCUT2D eigenvalue weighted by Crippen LogP contribution is -2.12. The summed E-state index contributed by atoms with van der Waals surface area (Å²) in [6.07, 6.45) is 0.775. The maximum Gasteiger partial charge on any atom is 0.255 e. The van der Waals surface area contributed by atoms with E-state index in [1.807, 2.05) is 19.1 Å². The number of rotatable bonds is 3. The van der Waals surface area contributed by atoms with Crippen LogP contribution in [-0.2, 0) is 6.42 Å². The van der Waals surface area contributed by atoms with E-state index in [4.69, 9.17) is 11.6 Å². The summed E-state index contributed by atoms with van der Waals surface area (Å²) in [5, 5.41) is 4.39. The Morgan fingerprint density at radius 3 is 2.57 bits per heavy atom. The predicted octanol–water partition coefficient (Wildman–Crippen LogP) is 4.00. The van der Waals surface area contributed by atoms with Gasteiger partial charge in [0, 0.05) is 27.7 Å². The Morgan fingerprint density at radius 2 is 1.87 bits per heavy atom. The van der Waals surface area contributed by atoms with Crippen molar-refractivity contribution in [1.29, 1.82) is 0 Å². The first-order chi connectivity index (χ1) is 11.1. The molecular weight excluding hydrogens is 312 g/mol. The Labute approximate surface area is 138 Å². The van der Waals surface area contributed by atoms with Gasteiger partial charge in [-0.15, -0.1) is 0 Å². The SMILES string of the molecule is CCc1cc(=O)[nH]c2cc(NC(=O)c3ccc(Cl)cc3)ccc12. The molecule has 1 heterocycles. The predicted molar refractivity (Wildman–Crippen MR) is 93.4 cm³/mol. The zero-order valence-electron chi connectivity index (χ0n) is 12.5. The van der Waals surface area contributed by atoms with Crippen molar-refractivity contribution in [2.75, 3.05) is 5.32 Å². The van der Waals surface area contributed by atoms with Gasteiger partial charge in [-0.1, -0.05) is 24.6 Å². The van der Waals surface area contributed by atoms with Crippen LogP contribution in [-0.4, -0.2) is 10.9 Å². The third kappa shape index (κ3) is 3.27. The smallest absolute Gasteiger partial charge is 0.255 e. The van der Waals surface area contributed by atoms with Crippen LogP contribution < -0.4 is 10.9 Å². The molecular formula is C18H15ClN2O2. The maximum atomic E-state index is 12.2. The Morgan fingerprint density at radius 1 is 1.13 bits per heavy atom. The van der Waals surface area contributed by atoms with E-state index >= 15 is 0 Å². The number of halogens is 1. The number of pyridine rings is 1. The second-order valence-corrected chi connectivity index (χ2v) is 5.67. The first-order valence-electron chi connectivity index (χ1n) is 7.29. The van der Waals surface area contributed by atoms with Crippen molar-refractivity contribution in [1.82, 2.24) is 4.98 Å². The summed E-state index contributed by atoms with van der Waals surface area (Å²) in [7, 11) is 0. The molecule has 0 aliphatic heterocycles. The molecule has 23 heavy (non-hydrogen) atoms. The van der Waals surface area contributed by atoms with Gasteiger partial charge in [-0.2, -0.15) is 0 Å². The molecule has 0 spiro atoms. The van der Waals surface area contributed by atoms with Gasteiger partial charge < -0.3 is 10.3 Å². The minimum Gasteiger partial charge on any atom is -0.322 e. The van der Waals surface area contributed by atoms with E-state index in [1.54, 1.807) is 36.4 Å². The monoisotopic (exact) mass is 326 g/mol. The minimum absolute atomic E-state index is 0.143. The highest BCUT2D eigenvalue weighted by Gasteiger charge is 2.08. The molecule has 3 aromatic rings. The van der Waals surface area contributed by atoms with Crippen molar-refractivity contribution >= 4 is 34.1 Å². The van der Waals surface area contributed by atoms with Crippen LogP contribution in [0, 0.1) is 0 Å². The number of hydrogen-bond acceptors (Lipinski definition) is 2. The van der Waals surface area contributed by atoms with Crippen LogP contribution in [0.5, 0.6) is 0 Å². The fourth-order valence-electron chi connectivity index (χ4n) is 2.51. The Hall–Kier alpha value is -2.59. The minimum atomic E-state index is -0.227. The lowest BCUT2D eigenvalue weighted by Gasteiger charge is -2.08. The number of nitrogens with one attached hydrogen (secondary N) is 2. The summed E-state index contributed by atoms with van der Waals surface area (Å²) in [4.78, 5) is 26.7. The number of benzene rings is 2. The summed E-state index contributed by atoms with van der Waals surface area (Å²) < 4.78 is 0. The van der Waals surface area contributed by atoms with Crippen LogP contribution >= 0.6 is 11.6 Å². The largest absolute Gasteiger partial charge is 0.322 e. The molecule has 0 fully saturated rings. The van der Waals surface area contributed by atoms with Crippen molar-refractivity contribution in [3.05, 3.63) is 75.0 Å². The number of amides is 1. The number of H-pyrrole nitrogens is 1. The topological polar surface area (TPSA) is 62.0 Å². The van der Waals surface area contributed by atoms with E-state index < -0.39 is 0 Å². The van der Waals surface area contributed by atoms with Crippen molar-refractivity contribution in [3.8, 4) is 0 Å². The van der Waals surface area contributed by atoms with E-state index in [-0.39, 0.29) is 11.5 Å². The molecule has 0 saturated carbocycles. The third-order valence-electron chi connectivity index (χ3n) is 3.67. The van der Waals surface area contributed by atoms with Gasteiger partial charge in [0.2, 0.25) is 5.56 Å². The molecule has 0 aliphatic carbocycles. The molecule has 0 unspecified atom stereocenters. The number of fused-ring (bicyclic) bond motifs is 1. The van der Waals surface area contributed by atoms with Gasteiger partial charge in [0.15, 0.2) is 0 Å². The first kappa shape index (κ1) is 15.3. The van der Waals surface area contributed by atoms with Crippen LogP contribution in [0.25, 0.3) is 10.9 Å². The molecule has 0 radical (unpaired) electrons. The van der Waals surface area contributed by atoms with Crippen molar-refractivity contribution in [2.24, 2.45) is 0 Å². The molecule has 1 amide bonds. The lowest BCUT2D eigenvalue weighted by atomic mass is 10.1. The van der Waals surface area contributed by atoms with E-state index in [0.29, 0.717) is 21.8 Å². The van der Waals surface area contributed by atoms with Gasteiger partial charge in [-0.05, 0) is 48.4 Å². The molecule has 2 aromatic carbocycles. The fourth-order valence-corrected chi connectivity index (χ4v) is 2.63. The van der Waals surface area contributed by atoms with Crippen LogP contribution in [0.3, 0.4) is 0 Å². The zero-order valence-corrected chi connectivity index (χ0v) is 13.3. The summed E-state index contributed by atoms with van der Waals surface area (Å²) >= 11 is 5.82. The number of anilines is 1. The molecule has 4 nitrogen and oxygen atoms in total. The quantitative estimate of drug-likeness (QED) is 0.764. The van der Waals surface area contributed by atoms with E-state index in [2.05, 4.69) is 10.3 Å². The van der Waals surface area contributed by atoms with Crippen molar-refractivity contribution in [3.63, 3.8) is 0 Å². The average molecular weight is 327 g/mol. The van der Waals surface area contributed by atoms with Gasteiger partial charge in [-0.3, -0.25) is 9.59 Å². The summed E-state index contributed by atoms with van der Waals surface area (Å²) in [5.41, 5.74) is 2.70. The van der Waals surface area contributed by atoms with Gasteiger partial charge in [0.25, 0.3) is 5.91 Å². The highest BCUT2D eigenvalue weighted by atomic mass is 35.5.